The molecule has 1 aromatic carbocycles. The Labute approximate surface area is 128 Å². The van der Waals surface area contributed by atoms with Crippen LogP contribution in [-0.4, -0.2) is 11.4 Å². The van der Waals surface area contributed by atoms with E-state index in [-0.39, 0.29) is 5.91 Å². The van der Waals surface area contributed by atoms with E-state index in [0.29, 0.717) is 12.3 Å². The number of carbonyl (C=O) groups excluding carboxylic acids is 1. The van der Waals surface area contributed by atoms with E-state index in [1.54, 1.807) is 0 Å². The van der Waals surface area contributed by atoms with Crippen molar-refractivity contribution in [1.29, 1.82) is 5.26 Å². The quantitative estimate of drug-likeness (QED) is 0.918. The Morgan fingerprint density at radius 2 is 2.20 bits per heavy atom. The molecule has 0 atom stereocenters. The first-order chi connectivity index (χ1) is 9.53. The van der Waals surface area contributed by atoms with Crippen LogP contribution in [0.15, 0.2) is 28.7 Å². The first-order valence-corrected chi connectivity index (χ1v) is 7.79. The van der Waals surface area contributed by atoms with Gasteiger partial charge >= 0.3 is 0 Å². The molecule has 0 spiro atoms. The number of carbonyl (C=O) groups is 1. The molecular weight excluding hydrogens is 316 g/mol. The van der Waals surface area contributed by atoms with Crippen LogP contribution in [0.3, 0.4) is 0 Å². The van der Waals surface area contributed by atoms with Crippen molar-refractivity contribution in [3.05, 3.63) is 34.3 Å². The van der Waals surface area contributed by atoms with Gasteiger partial charge in [-0.1, -0.05) is 35.0 Å². The van der Waals surface area contributed by atoms with Crippen LogP contribution >= 0.6 is 15.9 Å². The predicted molar refractivity (Wildman–Crippen MR) is 82.0 cm³/mol. The number of nitrogens with one attached hydrogen (secondary N) is 1. The maximum absolute atomic E-state index is 12.2. The maximum atomic E-state index is 12.2. The van der Waals surface area contributed by atoms with Crippen molar-refractivity contribution in [2.75, 3.05) is 0 Å². The van der Waals surface area contributed by atoms with E-state index in [1.807, 2.05) is 24.3 Å². The minimum atomic E-state index is -0.657. The summed E-state index contributed by atoms with van der Waals surface area (Å²) in [6.45, 7) is 2.20. The smallest absolute Gasteiger partial charge is 0.225 e. The van der Waals surface area contributed by atoms with E-state index in [1.165, 1.54) is 0 Å². The highest BCUT2D eigenvalue weighted by atomic mass is 79.9. The number of amides is 1. The lowest BCUT2D eigenvalue weighted by Gasteiger charge is -2.34. The van der Waals surface area contributed by atoms with Crippen LogP contribution in [0.4, 0.5) is 0 Å². The largest absolute Gasteiger partial charge is 0.338 e. The van der Waals surface area contributed by atoms with Gasteiger partial charge in [-0.15, -0.1) is 0 Å². The highest BCUT2D eigenvalue weighted by molar-refractivity contribution is 9.10. The molecule has 0 saturated heterocycles. The Morgan fingerprint density at radius 1 is 1.50 bits per heavy atom. The predicted octanol–water partition coefficient (Wildman–Crippen LogP) is 3.58. The van der Waals surface area contributed by atoms with Crippen LogP contribution in [0.1, 0.15) is 38.2 Å². The summed E-state index contributed by atoms with van der Waals surface area (Å²) in [6.07, 6.45) is 3.84. The average molecular weight is 335 g/mol. The molecule has 0 heterocycles. The third kappa shape index (κ3) is 3.83. The Hall–Kier alpha value is -1.34. The monoisotopic (exact) mass is 334 g/mol. The number of rotatable bonds is 3. The summed E-state index contributed by atoms with van der Waals surface area (Å²) in [6, 6.07) is 10.0. The van der Waals surface area contributed by atoms with Crippen molar-refractivity contribution in [3.8, 4) is 6.07 Å². The van der Waals surface area contributed by atoms with Gasteiger partial charge in [0.25, 0.3) is 0 Å². The highest BCUT2D eigenvalue weighted by Crippen LogP contribution is 2.31. The van der Waals surface area contributed by atoms with Crippen molar-refractivity contribution in [2.45, 2.75) is 44.6 Å². The molecule has 0 unspecified atom stereocenters. The lowest BCUT2D eigenvalue weighted by Crippen LogP contribution is -2.50. The maximum Gasteiger partial charge on any atom is 0.225 e. The van der Waals surface area contributed by atoms with Gasteiger partial charge in [0.2, 0.25) is 5.91 Å². The number of nitriles is 1. The molecule has 0 radical (unpaired) electrons. The van der Waals surface area contributed by atoms with E-state index in [4.69, 9.17) is 0 Å². The van der Waals surface area contributed by atoms with E-state index < -0.39 is 5.54 Å². The third-order valence-electron chi connectivity index (χ3n) is 3.97. The Morgan fingerprint density at radius 3 is 2.80 bits per heavy atom. The van der Waals surface area contributed by atoms with Gasteiger partial charge in [0.15, 0.2) is 0 Å². The first-order valence-electron chi connectivity index (χ1n) is 7.00. The van der Waals surface area contributed by atoms with Gasteiger partial charge in [-0.25, -0.2) is 0 Å². The van der Waals surface area contributed by atoms with Crippen LogP contribution in [-0.2, 0) is 11.2 Å². The topological polar surface area (TPSA) is 52.9 Å². The summed E-state index contributed by atoms with van der Waals surface area (Å²) >= 11 is 3.40. The standard InChI is InChI=1S/C16H19BrN2O/c1-12-5-7-16(11-18,8-6-12)19-15(20)10-13-3-2-4-14(17)9-13/h2-4,9,12H,5-8,10H2,1H3,(H,19,20). The summed E-state index contributed by atoms with van der Waals surface area (Å²) in [7, 11) is 0. The molecule has 106 valence electrons. The summed E-state index contributed by atoms with van der Waals surface area (Å²) in [5.41, 5.74) is 0.296. The highest BCUT2D eigenvalue weighted by Gasteiger charge is 2.35. The molecule has 1 aliphatic carbocycles. The van der Waals surface area contributed by atoms with E-state index >= 15 is 0 Å². The van der Waals surface area contributed by atoms with Gasteiger partial charge in [-0.3, -0.25) is 4.79 Å². The van der Waals surface area contributed by atoms with Crippen molar-refractivity contribution in [1.82, 2.24) is 5.32 Å². The molecule has 1 N–H and O–H groups in total. The molecule has 2 rings (SSSR count). The van der Waals surface area contributed by atoms with Gasteiger partial charge in [-0.05, 0) is 49.3 Å². The van der Waals surface area contributed by atoms with Gasteiger partial charge in [-0.2, -0.15) is 5.26 Å². The average Bonchev–Trinajstić information content (AvgIpc) is 2.41. The van der Waals surface area contributed by atoms with Crippen LogP contribution < -0.4 is 5.32 Å². The molecule has 0 aromatic heterocycles. The number of hydrogen-bond donors (Lipinski definition) is 1. The number of hydrogen-bond acceptors (Lipinski definition) is 2. The van der Waals surface area contributed by atoms with Gasteiger partial charge in [0, 0.05) is 4.47 Å². The fourth-order valence-corrected chi connectivity index (χ4v) is 3.11. The third-order valence-corrected chi connectivity index (χ3v) is 4.47. The summed E-state index contributed by atoms with van der Waals surface area (Å²) in [5, 5.41) is 12.4. The molecule has 3 nitrogen and oxygen atoms in total. The van der Waals surface area contributed by atoms with Crippen molar-refractivity contribution >= 4 is 21.8 Å². The van der Waals surface area contributed by atoms with Crippen molar-refractivity contribution in [2.24, 2.45) is 5.92 Å². The second kappa shape index (κ2) is 6.41. The molecule has 1 fully saturated rings. The fourth-order valence-electron chi connectivity index (χ4n) is 2.66. The summed E-state index contributed by atoms with van der Waals surface area (Å²) in [5.74, 6) is 0.581. The van der Waals surface area contributed by atoms with Crippen LogP contribution in [0.5, 0.6) is 0 Å². The summed E-state index contributed by atoms with van der Waals surface area (Å²) in [4.78, 5) is 12.2. The van der Waals surface area contributed by atoms with Crippen molar-refractivity contribution in [3.63, 3.8) is 0 Å². The number of benzene rings is 1. The zero-order valence-corrected chi connectivity index (χ0v) is 13.2. The fraction of sp³-hybridized carbons (Fsp3) is 0.500. The van der Waals surface area contributed by atoms with E-state index in [2.05, 4.69) is 34.2 Å². The zero-order chi connectivity index (χ0) is 14.6. The second-order valence-electron chi connectivity index (χ2n) is 5.73. The Kier molecular flexibility index (Phi) is 4.82. The normalized spacial score (nSPS) is 25.8. The SMILES string of the molecule is CC1CCC(C#N)(NC(=O)Cc2cccc(Br)c2)CC1. The molecule has 1 amide bonds. The van der Waals surface area contributed by atoms with Crippen molar-refractivity contribution < 1.29 is 4.79 Å². The Bertz CT molecular complexity index is 528. The van der Waals surface area contributed by atoms with Crippen LogP contribution in [0.2, 0.25) is 0 Å². The molecule has 1 aromatic rings. The van der Waals surface area contributed by atoms with Crippen LogP contribution in [0.25, 0.3) is 0 Å². The minimum absolute atomic E-state index is 0.0702. The zero-order valence-electron chi connectivity index (χ0n) is 11.7. The second-order valence-corrected chi connectivity index (χ2v) is 6.65. The van der Waals surface area contributed by atoms with Gasteiger partial charge < -0.3 is 5.32 Å². The first kappa shape index (κ1) is 15.1. The van der Waals surface area contributed by atoms with E-state index in [9.17, 15) is 10.1 Å². The number of nitrogens with zero attached hydrogens (tertiary/aromatic N) is 1. The molecule has 1 aliphatic rings. The lowest BCUT2D eigenvalue weighted by atomic mass is 9.78. The lowest BCUT2D eigenvalue weighted by molar-refractivity contribution is -0.122. The molecule has 4 heteroatoms. The molecule has 20 heavy (non-hydrogen) atoms. The van der Waals surface area contributed by atoms with Crippen LogP contribution in [0, 0.1) is 17.2 Å². The molecule has 1 saturated carbocycles. The van der Waals surface area contributed by atoms with E-state index in [0.717, 1.165) is 35.7 Å². The van der Waals surface area contributed by atoms with Gasteiger partial charge in [0.05, 0.1) is 12.5 Å². The minimum Gasteiger partial charge on any atom is -0.338 e. The molecule has 0 bridgehead atoms. The van der Waals surface area contributed by atoms with Gasteiger partial charge in [0.1, 0.15) is 5.54 Å². The molecule has 0 aliphatic heterocycles. The summed E-state index contributed by atoms with van der Waals surface area (Å²) < 4.78 is 0.962. The number of halogens is 1. The Balaban J connectivity index is 1.98. The molecular formula is C16H19BrN2O.